The zero-order valence-corrected chi connectivity index (χ0v) is 19.9. The van der Waals surface area contributed by atoms with Crippen molar-refractivity contribution in [2.75, 3.05) is 18.4 Å². The Labute approximate surface area is 208 Å². The molecule has 3 aliphatic rings. The quantitative estimate of drug-likeness (QED) is 0.326. The maximum absolute atomic E-state index is 12.9. The van der Waals surface area contributed by atoms with Crippen molar-refractivity contribution in [3.8, 4) is 0 Å². The second-order valence-corrected chi connectivity index (χ2v) is 9.72. The number of thiocarbonyl (C=S) groups is 1. The third-order valence-corrected chi connectivity index (χ3v) is 7.53. The van der Waals surface area contributed by atoms with Gasteiger partial charge in [-0.1, -0.05) is 24.3 Å². The number of alkyl halides is 3. The average Bonchev–Trinajstić information content (AvgIpc) is 2.87. The fourth-order valence-electron chi connectivity index (χ4n) is 5.55. The highest BCUT2D eigenvalue weighted by Crippen LogP contribution is 2.42. The lowest BCUT2D eigenvalue weighted by Crippen LogP contribution is -2.57. The van der Waals surface area contributed by atoms with E-state index in [4.69, 9.17) is 12.2 Å². The van der Waals surface area contributed by atoms with Gasteiger partial charge in [-0.3, -0.25) is 9.88 Å². The minimum absolute atomic E-state index is 0.106. The number of nitrogens with zero attached hydrogens (tertiary/aromatic N) is 2. The molecule has 5 atom stereocenters. The monoisotopic (exact) mass is 496 g/mol. The van der Waals surface area contributed by atoms with E-state index in [-0.39, 0.29) is 12.1 Å². The lowest BCUT2D eigenvalue weighted by molar-refractivity contribution is -0.137. The fourth-order valence-corrected chi connectivity index (χ4v) is 5.79. The summed E-state index contributed by atoms with van der Waals surface area (Å²) in [5.41, 5.74) is 1.84. The van der Waals surface area contributed by atoms with Crippen molar-refractivity contribution >= 4 is 33.9 Å². The van der Waals surface area contributed by atoms with Crippen LogP contribution < -0.4 is 10.6 Å². The third kappa shape index (κ3) is 4.90. The van der Waals surface area contributed by atoms with E-state index in [9.17, 15) is 13.2 Å². The van der Waals surface area contributed by atoms with Crippen LogP contribution in [0.15, 0.2) is 73.4 Å². The number of rotatable bonds is 5. The Bertz CT molecular complexity index is 1220. The molecule has 3 saturated heterocycles. The highest BCUT2D eigenvalue weighted by atomic mass is 32.1. The molecule has 0 aliphatic carbocycles. The molecule has 0 spiro atoms. The second kappa shape index (κ2) is 9.59. The van der Waals surface area contributed by atoms with Crippen molar-refractivity contribution in [1.29, 1.82) is 0 Å². The van der Waals surface area contributed by atoms with Crippen LogP contribution in [-0.2, 0) is 6.18 Å². The maximum Gasteiger partial charge on any atom is 0.416 e. The number of pyridine rings is 1. The van der Waals surface area contributed by atoms with Crippen LogP contribution in [0.3, 0.4) is 0 Å². The van der Waals surface area contributed by atoms with Crippen LogP contribution in [0, 0.1) is 11.8 Å². The van der Waals surface area contributed by atoms with Gasteiger partial charge in [0.2, 0.25) is 0 Å². The number of aromatic nitrogens is 1. The number of anilines is 1. The van der Waals surface area contributed by atoms with E-state index in [0.29, 0.717) is 22.6 Å². The van der Waals surface area contributed by atoms with Crippen LogP contribution in [0.1, 0.15) is 30.0 Å². The van der Waals surface area contributed by atoms with Gasteiger partial charge in [0.15, 0.2) is 5.11 Å². The second-order valence-electron chi connectivity index (χ2n) is 9.31. The first-order chi connectivity index (χ1) is 16.8. The van der Waals surface area contributed by atoms with E-state index < -0.39 is 11.7 Å². The highest BCUT2D eigenvalue weighted by molar-refractivity contribution is 7.80. The molecule has 8 heteroatoms. The predicted molar refractivity (Wildman–Crippen MR) is 137 cm³/mol. The molecule has 6 rings (SSSR count). The van der Waals surface area contributed by atoms with E-state index in [1.165, 1.54) is 12.1 Å². The van der Waals surface area contributed by atoms with Gasteiger partial charge < -0.3 is 10.6 Å². The largest absolute Gasteiger partial charge is 0.416 e. The van der Waals surface area contributed by atoms with Crippen LogP contribution in [-0.4, -0.2) is 34.1 Å². The molecule has 182 valence electrons. The summed E-state index contributed by atoms with van der Waals surface area (Å²) < 4.78 is 38.8. The van der Waals surface area contributed by atoms with E-state index in [1.807, 2.05) is 30.5 Å². The Hall–Kier alpha value is -2.97. The van der Waals surface area contributed by atoms with E-state index in [1.54, 1.807) is 0 Å². The molecule has 1 aromatic heterocycles. The first-order valence-electron chi connectivity index (χ1n) is 11.8. The molecular weight excluding hydrogens is 469 g/mol. The van der Waals surface area contributed by atoms with Gasteiger partial charge in [-0.05, 0) is 85.4 Å². The Kier molecular flexibility index (Phi) is 6.51. The van der Waals surface area contributed by atoms with E-state index in [0.717, 1.165) is 54.5 Å². The molecule has 4 nitrogen and oxygen atoms in total. The Morgan fingerprint density at radius 3 is 2.60 bits per heavy atom. The molecule has 35 heavy (non-hydrogen) atoms. The van der Waals surface area contributed by atoms with Crippen LogP contribution in [0.2, 0.25) is 0 Å². The summed E-state index contributed by atoms with van der Waals surface area (Å²) in [5, 5.41) is 8.02. The van der Waals surface area contributed by atoms with Crippen molar-refractivity contribution in [3.63, 3.8) is 0 Å². The molecule has 3 aliphatic heterocycles. The van der Waals surface area contributed by atoms with Crippen molar-refractivity contribution in [3.05, 3.63) is 84.6 Å². The zero-order valence-electron chi connectivity index (χ0n) is 19.1. The normalized spacial score (nSPS) is 24.7. The van der Waals surface area contributed by atoms with E-state index in [2.05, 4.69) is 39.2 Å². The molecule has 2 N–H and O–H groups in total. The minimum Gasteiger partial charge on any atom is -0.354 e. The summed E-state index contributed by atoms with van der Waals surface area (Å²) in [6, 6.07) is 15.1. The topological polar surface area (TPSA) is 40.2 Å². The Balaban J connectivity index is 1.43. The van der Waals surface area contributed by atoms with Crippen molar-refractivity contribution in [2.45, 2.75) is 31.1 Å². The molecular formula is C27H27F3N4S. The SMILES string of the molecule is C=CC1CN2CCC1C[C@H]2[C@@H](NC(=S)Nc1ccc(C(F)(F)F)cc1)c1ccnc2ccccc12. The molecule has 2 aromatic carbocycles. The summed E-state index contributed by atoms with van der Waals surface area (Å²) >= 11 is 5.65. The molecule has 0 radical (unpaired) electrons. The summed E-state index contributed by atoms with van der Waals surface area (Å²) in [6.07, 6.45) is 1.71. The van der Waals surface area contributed by atoms with Crippen LogP contribution in [0.25, 0.3) is 10.9 Å². The summed E-state index contributed by atoms with van der Waals surface area (Å²) in [5.74, 6) is 1.07. The van der Waals surface area contributed by atoms with Gasteiger partial charge in [0, 0.05) is 29.9 Å². The number of para-hydroxylation sites is 1. The van der Waals surface area contributed by atoms with Crippen LogP contribution >= 0.6 is 12.2 Å². The first kappa shape index (κ1) is 23.8. The average molecular weight is 497 g/mol. The number of nitrogens with one attached hydrogen (secondary N) is 2. The van der Waals surface area contributed by atoms with Gasteiger partial charge in [0.1, 0.15) is 0 Å². The third-order valence-electron chi connectivity index (χ3n) is 7.31. The molecule has 2 bridgehead atoms. The molecule has 3 unspecified atom stereocenters. The summed E-state index contributed by atoms with van der Waals surface area (Å²) in [4.78, 5) is 7.04. The van der Waals surface area contributed by atoms with Gasteiger partial charge in [0.05, 0.1) is 17.1 Å². The Morgan fingerprint density at radius 2 is 1.91 bits per heavy atom. The Morgan fingerprint density at radius 1 is 1.14 bits per heavy atom. The van der Waals surface area contributed by atoms with Gasteiger partial charge in [-0.25, -0.2) is 0 Å². The number of halogens is 3. The molecule has 0 saturated carbocycles. The lowest BCUT2D eigenvalue weighted by Gasteiger charge is -2.52. The van der Waals surface area contributed by atoms with Gasteiger partial charge in [-0.15, -0.1) is 6.58 Å². The predicted octanol–water partition coefficient (Wildman–Crippen LogP) is 6.18. The van der Waals surface area contributed by atoms with Gasteiger partial charge >= 0.3 is 6.18 Å². The lowest BCUT2D eigenvalue weighted by atomic mass is 9.73. The van der Waals surface area contributed by atoms with Crippen LogP contribution in [0.5, 0.6) is 0 Å². The smallest absolute Gasteiger partial charge is 0.354 e. The zero-order chi connectivity index (χ0) is 24.6. The number of fused-ring (bicyclic) bond motifs is 4. The molecule has 0 amide bonds. The number of benzene rings is 2. The van der Waals surface area contributed by atoms with Crippen molar-refractivity contribution in [1.82, 2.24) is 15.2 Å². The number of hydrogen-bond acceptors (Lipinski definition) is 3. The first-order valence-corrected chi connectivity index (χ1v) is 12.2. The fraction of sp³-hybridized carbons (Fsp3) is 0.333. The van der Waals surface area contributed by atoms with Crippen molar-refractivity contribution in [2.24, 2.45) is 11.8 Å². The molecule has 3 aromatic rings. The summed E-state index contributed by atoms with van der Waals surface area (Å²) in [6.45, 7) is 6.04. The highest BCUT2D eigenvalue weighted by Gasteiger charge is 2.43. The molecule has 3 fully saturated rings. The number of piperidine rings is 3. The molecule has 4 heterocycles. The van der Waals surface area contributed by atoms with Crippen molar-refractivity contribution < 1.29 is 13.2 Å². The standard InChI is InChI=1S/C27H27F3N4S/c1-2-17-16-34-14-12-18(17)15-24(34)25(22-11-13-31-23-6-4-3-5-21(22)23)33-26(35)32-20-9-7-19(8-10-20)27(28,29)30/h2-11,13,17-18,24-25H,1,12,14-16H2,(H2,32,33,35)/t17?,18?,24-,25-/m0/s1. The van der Waals surface area contributed by atoms with Gasteiger partial charge in [-0.2, -0.15) is 13.2 Å². The van der Waals surface area contributed by atoms with E-state index >= 15 is 0 Å². The summed E-state index contributed by atoms with van der Waals surface area (Å²) in [7, 11) is 0. The van der Waals surface area contributed by atoms with Gasteiger partial charge in [0.25, 0.3) is 0 Å². The number of hydrogen-bond donors (Lipinski definition) is 2. The maximum atomic E-state index is 12.9. The van der Waals surface area contributed by atoms with Crippen LogP contribution in [0.4, 0.5) is 18.9 Å². The minimum atomic E-state index is -4.37.